The Hall–Kier alpha value is -3.64. The second-order valence-electron chi connectivity index (χ2n) is 8.40. The first-order valence-electron chi connectivity index (χ1n) is 11.0. The summed E-state index contributed by atoms with van der Waals surface area (Å²) < 4.78 is 0. The van der Waals surface area contributed by atoms with Crippen LogP contribution in [0, 0.1) is 0 Å². The van der Waals surface area contributed by atoms with Gasteiger partial charge in [-0.05, 0) is 55.6 Å². The SMILES string of the molecule is CC(C)c1ccc(-c2cccc3cccc(-c4ccccc4-c4ccccc4)c23)cc1. The van der Waals surface area contributed by atoms with E-state index in [1.807, 2.05) is 0 Å². The fraction of sp³-hybridized carbons (Fsp3) is 0.0968. The lowest BCUT2D eigenvalue weighted by molar-refractivity contribution is 0.867. The molecule has 0 nitrogen and oxygen atoms in total. The highest BCUT2D eigenvalue weighted by Crippen LogP contribution is 2.40. The second-order valence-corrected chi connectivity index (χ2v) is 8.40. The molecule has 0 atom stereocenters. The lowest BCUT2D eigenvalue weighted by Gasteiger charge is -2.16. The quantitative estimate of drug-likeness (QED) is 0.283. The Bertz CT molecular complexity index is 1320. The summed E-state index contributed by atoms with van der Waals surface area (Å²) in [6, 6.07) is 41.8. The van der Waals surface area contributed by atoms with E-state index in [4.69, 9.17) is 0 Å². The van der Waals surface area contributed by atoms with Crippen molar-refractivity contribution in [3.05, 3.63) is 121 Å². The molecule has 0 radical (unpaired) electrons. The third-order valence-corrected chi connectivity index (χ3v) is 6.10. The zero-order valence-corrected chi connectivity index (χ0v) is 18.0. The molecule has 0 heterocycles. The maximum absolute atomic E-state index is 2.27. The van der Waals surface area contributed by atoms with E-state index in [1.165, 1.54) is 49.7 Å². The molecule has 0 bridgehead atoms. The molecule has 0 unspecified atom stereocenters. The van der Waals surface area contributed by atoms with Crippen molar-refractivity contribution in [1.29, 1.82) is 0 Å². The molecule has 0 aliphatic carbocycles. The van der Waals surface area contributed by atoms with Crippen molar-refractivity contribution in [2.24, 2.45) is 0 Å². The van der Waals surface area contributed by atoms with Crippen LogP contribution in [0.15, 0.2) is 115 Å². The Balaban J connectivity index is 1.76. The molecule has 150 valence electrons. The zero-order valence-electron chi connectivity index (χ0n) is 18.0. The molecule has 0 saturated heterocycles. The van der Waals surface area contributed by atoms with Crippen LogP contribution in [0.25, 0.3) is 44.2 Å². The average molecular weight is 399 g/mol. The summed E-state index contributed by atoms with van der Waals surface area (Å²) in [6.45, 7) is 4.48. The van der Waals surface area contributed by atoms with Crippen molar-refractivity contribution >= 4 is 10.8 Å². The van der Waals surface area contributed by atoms with Gasteiger partial charge in [0, 0.05) is 0 Å². The van der Waals surface area contributed by atoms with Crippen LogP contribution in [0.3, 0.4) is 0 Å². The molecule has 0 fully saturated rings. The normalized spacial score (nSPS) is 11.2. The van der Waals surface area contributed by atoms with Crippen LogP contribution in [-0.2, 0) is 0 Å². The maximum atomic E-state index is 2.27. The first-order chi connectivity index (χ1) is 15.2. The lowest BCUT2D eigenvalue weighted by atomic mass is 9.88. The molecule has 0 aliphatic rings. The van der Waals surface area contributed by atoms with Gasteiger partial charge in [-0.1, -0.05) is 129 Å². The molecule has 0 aromatic heterocycles. The lowest BCUT2D eigenvalue weighted by Crippen LogP contribution is -1.90. The Labute approximate surface area is 184 Å². The molecule has 0 heteroatoms. The van der Waals surface area contributed by atoms with E-state index in [1.54, 1.807) is 0 Å². The Morgan fingerprint density at radius 2 is 0.968 bits per heavy atom. The van der Waals surface area contributed by atoms with Gasteiger partial charge in [-0.25, -0.2) is 0 Å². The highest BCUT2D eigenvalue weighted by Gasteiger charge is 2.13. The highest BCUT2D eigenvalue weighted by molar-refractivity contribution is 6.08. The van der Waals surface area contributed by atoms with E-state index in [0.717, 1.165) is 0 Å². The summed E-state index contributed by atoms with van der Waals surface area (Å²) in [5, 5.41) is 2.58. The predicted octanol–water partition coefficient (Wildman–Crippen LogP) is 8.96. The number of hydrogen-bond donors (Lipinski definition) is 0. The van der Waals surface area contributed by atoms with Gasteiger partial charge in [0.1, 0.15) is 0 Å². The van der Waals surface area contributed by atoms with Gasteiger partial charge in [-0.3, -0.25) is 0 Å². The minimum Gasteiger partial charge on any atom is -0.0622 e. The zero-order chi connectivity index (χ0) is 21.2. The van der Waals surface area contributed by atoms with Gasteiger partial charge in [-0.15, -0.1) is 0 Å². The number of benzene rings is 5. The number of rotatable bonds is 4. The van der Waals surface area contributed by atoms with Gasteiger partial charge in [0.05, 0.1) is 0 Å². The fourth-order valence-corrected chi connectivity index (χ4v) is 4.44. The summed E-state index contributed by atoms with van der Waals surface area (Å²) in [7, 11) is 0. The maximum Gasteiger partial charge on any atom is -0.00266 e. The number of hydrogen-bond acceptors (Lipinski definition) is 0. The molecule has 0 amide bonds. The standard InChI is InChI=1S/C31H26/c1-22(2)23-18-20-25(21-19-23)28-16-8-12-26-13-9-17-30(31(26)28)29-15-7-6-14-27(29)24-10-4-3-5-11-24/h3-22H,1-2H3. The molecule has 5 aromatic rings. The minimum absolute atomic E-state index is 0.537. The van der Waals surface area contributed by atoms with Crippen molar-refractivity contribution in [2.75, 3.05) is 0 Å². The fourth-order valence-electron chi connectivity index (χ4n) is 4.44. The van der Waals surface area contributed by atoms with Crippen molar-refractivity contribution in [3.63, 3.8) is 0 Å². The molecule has 5 aromatic carbocycles. The van der Waals surface area contributed by atoms with E-state index in [2.05, 4.69) is 129 Å². The average Bonchev–Trinajstić information content (AvgIpc) is 2.84. The van der Waals surface area contributed by atoms with Crippen LogP contribution in [0.1, 0.15) is 25.3 Å². The molecule has 0 aliphatic heterocycles. The van der Waals surface area contributed by atoms with Crippen LogP contribution in [0.5, 0.6) is 0 Å². The third kappa shape index (κ3) is 3.66. The van der Waals surface area contributed by atoms with E-state index in [9.17, 15) is 0 Å². The van der Waals surface area contributed by atoms with Crippen LogP contribution in [0.2, 0.25) is 0 Å². The van der Waals surface area contributed by atoms with Gasteiger partial charge in [0.2, 0.25) is 0 Å². The van der Waals surface area contributed by atoms with Crippen molar-refractivity contribution in [3.8, 4) is 33.4 Å². The summed E-state index contributed by atoms with van der Waals surface area (Å²) in [6.07, 6.45) is 0. The first-order valence-corrected chi connectivity index (χ1v) is 11.0. The molecule has 31 heavy (non-hydrogen) atoms. The van der Waals surface area contributed by atoms with Crippen molar-refractivity contribution in [2.45, 2.75) is 19.8 Å². The molecule has 0 N–H and O–H groups in total. The van der Waals surface area contributed by atoms with Crippen LogP contribution in [0.4, 0.5) is 0 Å². The van der Waals surface area contributed by atoms with Crippen LogP contribution >= 0.6 is 0 Å². The predicted molar refractivity (Wildman–Crippen MR) is 134 cm³/mol. The van der Waals surface area contributed by atoms with E-state index in [0.29, 0.717) is 5.92 Å². The van der Waals surface area contributed by atoms with E-state index in [-0.39, 0.29) is 0 Å². The smallest absolute Gasteiger partial charge is 0.00266 e. The molecule has 5 rings (SSSR count). The summed E-state index contributed by atoms with van der Waals surface area (Å²) >= 11 is 0. The highest BCUT2D eigenvalue weighted by atomic mass is 14.2. The monoisotopic (exact) mass is 398 g/mol. The third-order valence-electron chi connectivity index (χ3n) is 6.10. The van der Waals surface area contributed by atoms with Crippen LogP contribution in [-0.4, -0.2) is 0 Å². The number of fused-ring (bicyclic) bond motifs is 1. The van der Waals surface area contributed by atoms with Gasteiger partial charge in [-0.2, -0.15) is 0 Å². The van der Waals surface area contributed by atoms with Gasteiger partial charge in [0.15, 0.2) is 0 Å². The first kappa shape index (κ1) is 19.3. The largest absolute Gasteiger partial charge is 0.0622 e. The Morgan fingerprint density at radius 1 is 0.419 bits per heavy atom. The van der Waals surface area contributed by atoms with E-state index >= 15 is 0 Å². The second kappa shape index (κ2) is 8.24. The van der Waals surface area contributed by atoms with Gasteiger partial charge < -0.3 is 0 Å². The molecule has 0 spiro atoms. The minimum atomic E-state index is 0.537. The Morgan fingerprint density at radius 3 is 1.65 bits per heavy atom. The summed E-state index contributed by atoms with van der Waals surface area (Å²) in [5.41, 5.74) is 8.98. The molecular weight excluding hydrogens is 372 g/mol. The molecular formula is C31H26. The summed E-state index contributed by atoms with van der Waals surface area (Å²) in [4.78, 5) is 0. The van der Waals surface area contributed by atoms with Crippen molar-refractivity contribution < 1.29 is 0 Å². The van der Waals surface area contributed by atoms with Crippen molar-refractivity contribution in [1.82, 2.24) is 0 Å². The van der Waals surface area contributed by atoms with Gasteiger partial charge in [0.25, 0.3) is 0 Å². The van der Waals surface area contributed by atoms with Crippen LogP contribution < -0.4 is 0 Å². The van der Waals surface area contributed by atoms with E-state index < -0.39 is 0 Å². The molecule has 0 saturated carbocycles. The Kier molecular flexibility index (Phi) is 5.14. The summed E-state index contributed by atoms with van der Waals surface area (Å²) in [5.74, 6) is 0.537. The topological polar surface area (TPSA) is 0 Å². The van der Waals surface area contributed by atoms with Gasteiger partial charge >= 0.3 is 0 Å².